The van der Waals surface area contributed by atoms with Gasteiger partial charge in [0.15, 0.2) is 0 Å². The van der Waals surface area contributed by atoms with Crippen LogP contribution >= 0.6 is 0 Å². The lowest BCUT2D eigenvalue weighted by molar-refractivity contribution is -0.139. The number of piperidine rings is 1. The van der Waals surface area contributed by atoms with Crippen molar-refractivity contribution >= 4 is 11.8 Å². The number of hydrogen-bond donors (Lipinski definition) is 2. The zero-order valence-corrected chi connectivity index (χ0v) is 11.7. The van der Waals surface area contributed by atoms with E-state index >= 15 is 0 Å². The molecule has 5 heteroatoms. The lowest BCUT2D eigenvalue weighted by Crippen LogP contribution is -2.50. The summed E-state index contributed by atoms with van der Waals surface area (Å²) < 4.78 is 0. The number of nitrogens with one attached hydrogen (secondary N) is 1. The van der Waals surface area contributed by atoms with E-state index < -0.39 is 0 Å². The molecule has 1 aliphatic carbocycles. The van der Waals surface area contributed by atoms with Crippen molar-refractivity contribution in [3.63, 3.8) is 0 Å². The van der Waals surface area contributed by atoms with E-state index in [0.29, 0.717) is 31.8 Å². The number of amides is 2. The molecule has 0 aromatic heterocycles. The Morgan fingerprint density at radius 2 is 2.11 bits per heavy atom. The van der Waals surface area contributed by atoms with Gasteiger partial charge in [-0.2, -0.15) is 0 Å². The topological polar surface area (TPSA) is 75.4 Å². The first-order chi connectivity index (χ1) is 9.13. The highest BCUT2D eigenvalue weighted by molar-refractivity contribution is 5.83. The minimum atomic E-state index is -0.0527. The van der Waals surface area contributed by atoms with Gasteiger partial charge >= 0.3 is 0 Å². The van der Waals surface area contributed by atoms with Gasteiger partial charge < -0.3 is 16.0 Å². The van der Waals surface area contributed by atoms with Gasteiger partial charge in [0.2, 0.25) is 11.8 Å². The molecule has 2 fully saturated rings. The molecule has 3 N–H and O–H groups in total. The summed E-state index contributed by atoms with van der Waals surface area (Å²) in [6, 6.07) is 0.281. The molecule has 1 heterocycles. The molecule has 0 aromatic rings. The Bertz CT molecular complexity index is 336. The third-order valence-electron chi connectivity index (χ3n) is 4.63. The fourth-order valence-electron chi connectivity index (χ4n) is 3.37. The van der Waals surface area contributed by atoms with Gasteiger partial charge in [0, 0.05) is 26.1 Å². The van der Waals surface area contributed by atoms with Crippen LogP contribution in [0, 0.1) is 11.8 Å². The van der Waals surface area contributed by atoms with Crippen molar-refractivity contribution in [3.05, 3.63) is 0 Å². The SMILES string of the molecule is CN(C(=O)C1CCC(=O)NC1)C1CCCCC1CN. The lowest BCUT2D eigenvalue weighted by atomic mass is 9.83. The monoisotopic (exact) mass is 267 g/mol. The normalized spacial score (nSPS) is 31.7. The molecule has 2 rings (SSSR count). The van der Waals surface area contributed by atoms with Crippen LogP contribution in [0.4, 0.5) is 0 Å². The van der Waals surface area contributed by atoms with E-state index in [0.717, 1.165) is 12.8 Å². The van der Waals surface area contributed by atoms with E-state index in [-0.39, 0.29) is 23.8 Å². The molecule has 108 valence electrons. The Labute approximate surface area is 114 Å². The van der Waals surface area contributed by atoms with E-state index in [1.165, 1.54) is 12.8 Å². The molecule has 3 atom stereocenters. The molecule has 1 saturated heterocycles. The van der Waals surface area contributed by atoms with Crippen molar-refractivity contribution < 1.29 is 9.59 Å². The van der Waals surface area contributed by atoms with Crippen molar-refractivity contribution in [1.82, 2.24) is 10.2 Å². The maximum absolute atomic E-state index is 12.5. The van der Waals surface area contributed by atoms with Gasteiger partial charge in [0.05, 0.1) is 5.92 Å². The quantitative estimate of drug-likeness (QED) is 0.781. The summed E-state index contributed by atoms with van der Waals surface area (Å²) in [6.07, 6.45) is 5.73. The van der Waals surface area contributed by atoms with Crippen LogP contribution in [0.3, 0.4) is 0 Å². The predicted molar refractivity (Wildman–Crippen MR) is 73.3 cm³/mol. The maximum Gasteiger partial charge on any atom is 0.227 e. The standard InChI is InChI=1S/C14H25N3O2/c1-17(12-5-3-2-4-10(12)8-15)14(19)11-6-7-13(18)16-9-11/h10-12H,2-9,15H2,1H3,(H,16,18). The number of carbonyl (C=O) groups excluding carboxylic acids is 2. The summed E-state index contributed by atoms with van der Waals surface area (Å²) in [4.78, 5) is 25.5. The maximum atomic E-state index is 12.5. The first-order valence-corrected chi connectivity index (χ1v) is 7.37. The highest BCUT2D eigenvalue weighted by Gasteiger charge is 2.34. The lowest BCUT2D eigenvalue weighted by Gasteiger charge is -2.39. The third-order valence-corrected chi connectivity index (χ3v) is 4.63. The molecule has 0 bridgehead atoms. The minimum Gasteiger partial charge on any atom is -0.355 e. The number of nitrogens with two attached hydrogens (primary N) is 1. The number of carbonyl (C=O) groups is 2. The molecular weight excluding hydrogens is 242 g/mol. The molecule has 0 radical (unpaired) electrons. The van der Waals surface area contributed by atoms with Crippen molar-refractivity contribution in [3.8, 4) is 0 Å². The van der Waals surface area contributed by atoms with Crippen molar-refractivity contribution in [2.45, 2.75) is 44.6 Å². The molecule has 0 aromatic carbocycles. The summed E-state index contributed by atoms with van der Waals surface area (Å²) in [5, 5.41) is 2.78. The van der Waals surface area contributed by atoms with Gasteiger partial charge in [-0.15, -0.1) is 0 Å². The summed E-state index contributed by atoms with van der Waals surface area (Å²) in [6.45, 7) is 1.14. The molecule has 1 saturated carbocycles. The molecular formula is C14H25N3O2. The highest BCUT2D eigenvalue weighted by Crippen LogP contribution is 2.28. The number of hydrogen-bond acceptors (Lipinski definition) is 3. The fraction of sp³-hybridized carbons (Fsp3) is 0.857. The molecule has 1 aliphatic heterocycles. The largest absolute Gasteiger partial charge is 0.355 e. The third kappa shape index (κ3) is 3.26. The highest BCUT2D eigenvalue weighted by atomic mass is 16.2. The van der Waals surface area contributed by atoms with Crippen LogP contribution in [-0.2, 0) is 9.59 Å². The predicted octanol–water partition coefficient (Wildman–Crippen LogP) is 0.489. The Hall–Kier alpha value is -1.10. The van der Waals surface area contributed by atoms with E-state index in [1.54, 1.807) is 0 Å². The second-order valence-corrected chi connectivity index (χ2v) is 5.84. The molecule has 0 spiro atoms. The van der Waals surface area contributed by atoms with Gasteiger partial charge in [0.1, 0.15) is 0 Å². The average Bonchev–Trinajstić information content (AvgIpc) is 2.46. The zero-order chi connectivity index (χ0) is 13.8. The summed E-state index contributed by atoms with van der Waals surface area (Å²) in [7, 11) is 1.90. The summed E-state index contributed by atoms with van der Waals surface area (Å²) in [5.41, 5.74) is 5.83. The number of rotatable bonds is 3. The van der Waals surface area contributed by atoms with Crippen LogP contribution in [0.25, 0.3) is 0 Å². The van der Waals surface area contributed by atoms with Crippen LogP contribution in [0.15, 0.2) is 0 Å². The van der Waals surface area contributed by atoms with Gasteiger partial charge in [0.25, 0.3) is 0 Å². The first kappa shape index (κ1) is 14.3. The smallest absolute Gasteiger partial charge is 0.227 e. The zero-order valence-electron chi connectivity index (χ0n) is 11.7. The molecule has 2 amide bonds. The molecule has 5 nitrogen and oxygen atoms in total. The van der Waals surface area contributed by atoms with Crippen LogP contribution in [0.5, 0.6) is 0 Å². The van der Waals surface area contributed by atoms with E-state index in [9.17, 15) is 9.59 Å². The van der Waals surface area contributed by atoms with Crippen molar-refractivity contribution in [2.75, 3.05) is 20.1 Å². The Kier molecular flexibility index (Phi) is 4.80. The molecule has 2 aliphatic rings. The Morgan fingerprint density at radius 1 is 1.37 bits per heavy atom. The van der Waals surface area contributed by atoms with E-state index in [2.05, 4.69) is 5.32 Å². The first-order valence-electron chi connectivity index (χ1n) is 7.37. The second kappa shape index (κ2) is 6.37. The molecule has 3 unspecified atom stereocenters. The van der Waals surface area contributed by atoms with E-state index in [4.69, 9.17) is 5.73 Å². The molecule has 19 heavy (non-hydrogen) atoms. The van der Waals surface area contributed by atoms with Gasteiger partial charge in [-0.25, -0.2) is 0 Å². The average molecular weight is 267 g/mol. The van der Waals surface area contributed by atoms with Gasteiger partial charge in [-0.3, -0.25) is 9.59 Å². The van der Waals surface area contributed by atoms with Crippen LogP contribution in [0.1, 0.15) is 38.5 Å². The second-order valence-electron chi connectivity index (χ2n) is 5.84. The van der Waals surface area contributed by atoms with Crippen LogP contribution < -0.4 is 11.1 Å². The summed E-state index contributed by atoms with van der Waals surface area (Å²) >= 11 is 0. The van der Waals surface area contributed by atoms with Crippen molar-refractivity contribution in [1.29, 1.82) is 0 Å². The van der Waals surface area contributed by atoms with E-state index in [1.807, 2.05) is 11.9 Å². The number of nitrogens with zero attached hydrogens (tertiary/aromatic N) is 1. The Morgan fingerprint density at radius 3 is 2.74 bits per heavy atom. The van der Waals surface area contributed by atoms with Gasteiger partial charge in [-0.1, -0.05) is 12.8 Å². The Balaban J connectivity index is 1.95. The summed E-state index contributed by atoms with van der Waals surface area (Å²) in [5.74, 6) is 0.610. The van der Waals surface area contributed by atoms with Crippen molar-refractivity contribution in [2.24, 2.45) is 17.6 Å². The van der Waals surface area contributed by atoms with Gasteiger partial charge in [-0.05, 0) is 31.7 Å². The van der Waals surface area contributed by atoms with Crippen LogP contribution in [0.2, 0.25) is 0 Å². The minimum absolute atomic E-state index is 0.0527. The van der Waals surface area contributed by atoms with Crippen LogP contribution in [-0.4, -0.2) is 42.9 Å². The fourth-order valence-corrected chi connectivity index (χ4v) is 3.37.